The Kier molecular flexibility index (Phi) is 4.88. The molecule has 3 rings (SSSR count). The zero-order valence-electron chi connectivity index (χ0n) is 15.2. The molecule has 1 atom stereocenters. The lowest BCUT2D eigenvalue weighted by molar-refractivity contribution is 0.0902. The highest BCUT2D eigenvalue weighted by Crippen LogP contribution is 2.21. The van der Waals surface area contributed by atoms with Gasteiger partial charge in [-0.3, -0.25) is 9.48 Å². The van der Waals surface area contributed by atoms with Crippen molar-refractivity contribution in [2.75, 3.05) is 0 Å². The van der Waals surface area contributed by atoms with Gasteiger partial charge in [0, 0.05) is 30.8 Å². The molecule has 0 saturated heterocycles. The summed E-state index contributed by atoms with van der Waals surface area (Å²) in [4.78, 5) is 12.4. The van der Waals surface area contributed by atoms with Gasteiger partial charge in [-0.25, -0.2) is 4.39 Å². The summed E-state index contributed by atoms with van der Waals surface area (Å²) in [6, 6.07) is 7.54. The second kappa shape index (κ2) is 7.11. The van der Waals surface area contributed by atoms with Gasteiger partial charge in [-0.2, -0.15) is 5.10 Å². The quantitative estimate of drug-likeness (QED) is 0.762. The summed E-state index contributed by atoms with van der Waals surface area (Å²) < 4.78 is 19.9. The average molecular weight is 356 g/mol. The van der Waals surface area contributed by atoms with Crippen LogP contribution in [-0.2, 0) is 13.5 Å². The largest absolute Gasteiger partial charge is 0.351 e. The fourth-order valence-electron chi connectivity index (χ4n) is 3.07. The second-order valence-corrected chi connectivity index (χ2v) is 6.39. The van der Waals surface area contributed by atoms with E-state index in [9.17, 15) is 9.18 Å². The van der Waals surface area contributed by atoms with Gasteiger partial charge in [0.05, 0.1) is 17.4 Å². The van der Waals surface area contributed by atoms with E-state index in [2.05, 4.69) is 15.6 Å². The highest BCUT2D eigenvalue weighted by molar-refractivity contribution is 5.91. The Labute approximate surface area is 151 Å². The number of halogens is 1. The van der Waals surface area contributed by atoms with Gasteiger partial charge in [0.15, 0.2) is 0 Å². The Morgan fingerprint density at radius 1 is 1.31 bits per heavy atom. The number of rotatable bonds is 5. The van der Waals surface area contributed by atoms with Crippen molar-refractivity contribution >= 4 is 5.91 Å². The Morgan fingerprint density at radius 2 is 2.00 bits per heavy atom. The second-order valence-electron chi connectivity index (χ2n) is 6.39. The molecule has 0 aliphatic carbocycles. The smallest absolute Gasteiger partial charge is 0.290 e. The van der Waals surface area contributed by atoms with Crippen molar-refractivity contribution in [2.45, 2.75) is 33.2 Å². The van der Waals surface area contributed by atoms with E-state index in [1.807, 2.05) is 27.8 Å². The number of nitrogens with one attached hydrogen (secondary N) is 1. The van der Waals surface area contributed by atoms with Gasteiger partial charge in [0.25, 0.3) is 5.91 Å². The van der Waals surface area contributed by atoms with E-state index < -0.39 is 0 Å². The standard InChI is InChI=1S/C19H21FN4O2/c1-11(18-12(2)22-24(4)13(18)3)21-19(25)17-10-16(23-26-17)9-14-5-7-15(20)8-6-14/h5-8,10-11H,9H2,1-4H3,(H,21,25). The molecule has 2 heterocycles. The third kappa shape index (κ3) is 3.66. The SMILES string of the molecule is Cc1nn(C)c(C)c1C(C)NC(=O)c1cc(Cc2ccc(F)cc2)no1. The van der Waals surface area contributed by atoms with Crippen LogP contribution in [0.3, 0.4) is 0 Å². The van der Waals surface area contributed by atoms with Gasteiger partial charge >= 0.3 is 0 Å². The Hall–Kier alpha value is -2.96. The normalized spacial score (nSPS) is 12.2. The van der Waals surface area contributed by atoms with E-state index >= 15 is 0 Å². The molecule has 0 aliphatic rings. The minimum Gasteiger partial charge on any atom is -0.351 e. The van der Waals surface area contributed by atoms with Crippen LogP contribution in [0.5, 0.6) is 0 Å². The number of benzene rings is 1. The highest BCUT2D eigenvalue weighted by atomic mass is 19.1. The fourth-order valence-corrected chi connectivity index (χ4v) is 3.07. The third-order valence-electron chi connectivity index (χ3n) is 4.43. The zero-order valence-corrected chi connectivity index (χ0v) is 15.2. The van der Waals surface area contributed by atoms with E-state index in [1.54, 1.807) is 22.9 Å². The van der Waals surface area contributed by atoms with Crippen LogP contribution in [-0.4, -0.2) is 20.8 Å². The van der Waals surface area contributed by atoms with Crippen LogP contribution in [0.25, 0.3) is 0 Å². The molecule has 26 heavy (non-hydrogen) atoms. The molecule has 1 unspecified atom stereocenters. The first-order valence-electron chi connectivity index (χ1n) is 8.36. The lowest BCUT2D eigenvalue weighted by Gasteiger charge is -2.13. The number of nitrogens with zero attached hydrogens (tertiary/aromatic N) is 3. The van der Waals surface area contributed by atoms with Gasteiger partial charge in [-0.15, -0.1) is 0 Å². The third-order valence-corrected chi connectivity index (χ3v) is 4.43. The number of aromatic nitrogens is 3. The Balaban J connectivity index is 1.68. The molecule has 0 bridgehead atoms. The lowest BCUT2D eigenvalue weighted by atomic mass is 10.1. The molecule has 1 aromatic carbocycles. The number of carbonyl (C=O) groups is 1. The molecule has 1 amide bonds. The van der Waals surface area contributed by atoms with Gasteiger partial charge in [0.1, 0.15) is 5.82 Å². The van der Waals surface area contributed by atoms with Crippen molar-refractivity contribution in [3.8, 4) is 0 Å². The van der Waals surface area contributed by atoms with Gasteiger partial charge in [-0.05, 0) is 38.5 Å². The first-order chi connectivity index (χ1) is 12.3. The Bertz CT molecular complexity index is 928. The van der Waals surface area contributed by atoms with E-state index in [0.29, 0.717) is 12.1 Å². The number of hydrogen-bond donors (Lipinski definition) is 1. The molecule has 0 radical (unpaired) electrons. The van der Waals surface area contributed by atoms with E-state index in [1.165, 1.54) is 12.1 Å². The molecule has 6 nitrogen and oxygen atoms in total. The topological polar surface area (TPSA) is 73.0 Å². The molecule has 0 fully saturated rings. The number of amides is 1. The molecule has 2 aromatic heterocycles. The summed E-state index contributed by atoms with van der Waals surface area (Å²) in [5.74, 6) is -0.477. The number of aryl methyl sites for hydroxylation is 2. The summed E-state index contributed by atoms with van der Waals surface area (Å²) >= 11 is 0. The van der Waals surface area contributed by atoms with Crippen LogP contribution < -0.4 is 5.32 Å². The van der Waals surface area contributed by atoms with Gasteiger partial charge in [0.2, 0.25) is 5.76 Å². The van der Waals surface area contributed by atoms with Crippen molar-refractivity contribution < 1.29 is 13.7 Å². The summed E-state index contributed by atoms with van der Waals surface area (Å²) in [5, 5.41) is 11.2. The molecule has 7 heteroatoms. The average Bonchev–Trinajstić information content (AvgIpc) is 3.14. The summed E-state index contributed by atoms with van der Waals surface area (Å²) in [6.45, 7) is 5.79. The van der Waals surface area contributed by atoms with Gasteiger partial charge < -0.3 is 9.84 Å². The van der Waals surface area contributed by atoms with E-state index in [0.717, 1.165) is 22.5 Å². The van der Waals surface area contributed by atoms with Crippen LogP contribution in [0, 0.1) is 19.7 Å². The van der Waals surface area contributed by atoms with Crippen LogP contribution in [0.1, 0.15) is 51.7 Å². The first kappa shape index (κ1) is 17.8. The maximum absolute atomic E-state index is 13.0. The monoisotopic (exact) mass is 356 g/mol. The van der Waals surface area contributed by atoms with Crippen LogP contribution in [0.15, 0.2) is 34.9 Å². The fraction of sp³-hybridized carbons (Fsp3) is 0.316. The number of hydrogen-bond acceptors (Lipinski definition) is 4. The van der Waals surface area contributed by atoms with Crippen LogP contribution in [0.2, 0.25) is 0 Å². The summed E-state index contributed by atoms with van der Waals surface area (Å²) in [7, 11) is 1.87. The Morgan fingerprint density at radius 3 is 2.62 bits per heavy atom. The first-order valence-corrected chi connectivity index (χ1v) is 8.36. The minimum absolute atomic E-state index is 0.146. The minimum atomic E-state index is -0.335. The molecular weight excluding hydrogens is 335 g/mol. The predicted octanol–water partition coefficient (Wildman–Crippen LogP) is 3.25. The lowest BCUT2D eigenvalue weighted by Crippen LogP contribution is -2.27. The van der Waals surface area contributed by atoms with Crippen molar-refractivity contribution in [1.29, 1.82) is 0 Å². The molecule has 136 valence electrons. The van der Waals surface area contributed by atoms with Crippen molar-refractivity contribution in [2.24, 2.45) is 7.05 Å². The van der Waals surface area contributed by atoms with E-state index in [4.69, 9.17) is 4.52 Å². The maximum Gasteiger partial charge on any atom is 0.290 e. The summed E-state index contributed by atoms with van der Waals surface area (Å²) in [6.07, 6.45) is 0.466. The summed E-state index contributed by atoms with van der Waals surface area (Å²) in [5.41, 5.74) is 4.38. The molecule has 0 aliphatic heterocycles. The predicted molar refractivity (Wildman–Crippen MR) is 94.3 cm³/mol. The molecule has 1 N–H and O–H groups in total. The van der Waals surface area contributed by atoms with Gasteiger partial charge in [-0.1, -0.05) is 17.3 Å². The maximum atomic E-state index is 13.0. The molecular formula is C19H21FN4O2. The van der Waals surface area contributed by atoms with Crippen molar-refractivity contribution in [3.05, 3.63) is 70.1 Å². The molecule has 3 aromatic rings. The van der Waals surface area contributed by atoms with Crippen molar-refractivity contribution in [1.82, 2.24) is 20.3 Å². The highest BCUT2D eigenvalue weighted by Gasteiger charge is 2.21. The number of carbonyl (C=O) groups excluding carboxylic acids is 1. The molecule has 0 spiro atoms. The zero-order chi connectivity index (χ0) is 18.8. The van der Waals surface area contributed by atoms with Crippen molar-refractivity contribution in [3.63, 3.8) is 0 Å². The van der Waals surface area contributed by atoms with Crippen LogP contribution >= 0.6 is 0 Å². The van der Waals surface area contributed by atoms with E-state index in [-0.39, 0.29) is 23.5 Å². The van der Waals surface area contributed by atoms with Crippen LogP contribution in [0.4, 0.5) is 4.39 Å². The molecule has 0 saturated carbocycles.